The molecule has 0 fully saturated rings. The van der Waals surface area contributed by atoms with Gasteiger partial charge < -0.3 is 10.2 Å². The molecule has 0 aromatic heterocycles. The van der Waals surface area contributed by atoms with Gasteiger partial charge in [-0.05, 0) is 77.0 Å². The zero-order valence-corrected chi connectivity index (χ0v) is 25.8. The van der Waals surface area contributed by atoms with E-state index in [1.165, 1.54) is 25.7 Å². The highest BCUT2D eigenvalue weighted by atomic mass is 16.4. The Morgan fingerprint density at radius 3 is 1.20 bits per heavy atom. The van der Waals surface area contributed by atoms with Crippen molar-refractivity contribution in [3.8, 4) is 0 Å². The SMILES string of the molecule is CC/C=C\C/C=C\C/C=C\CCCCCCC(C(=O)O)C(CCCCCC/C=C\C/C=C\CCCCC)C(=O)O. The third kappa shape index (κ3) is 24.7. The van der Waals surface area contributed by atoms with E-state index >= 15 is 0 Å². The number of aliphatic carboxylic acids is 2. The fourth-order valence-corrected chi connectivity index (χ4v) is 4.80. The number of carboxylic acids is 2. The van der Waals surface area contributed by atoms with Gasteiger partial charge in [0.2, 0.25) is 0 Å². The van der Waals surface area contributed by atoms with Crippen molar-refractivity contribution in [3.05, 3.63) is 60.8 Å². The largest absolute Gasteiger partial charge is 0.481 e. The molecule has 0 radical (unpaired) electrons. The summed E-state index contributed by atoms with van der Waals surface area (Å²) in [6.45, 7) is 4.36. The van der Waals surface area contributed by atoms with Gasteiger partial charge in [-0.25, -0.2) is 0 Å². The smallest absolute Gasteiger partial charge is 0.307 e. The van der Waals surface area contributed by atoms with E-state index in [1.54, 1.807) is 0 Å². The molecular weight excluding hydrogens is 496 g/mol. The summed E-state index contributed by atoms with van der Waals surface area (Å²) < 4.78 is 0. The van der Waals surface area contributed by atoms with E-state index in [-0.39, 0.29) is 0 Å². The minimum Gasteiger partial charge on any atom is -0.481 e. The van der Waals surface area contributed by atoms with Gasteiger partial charge in [0.25, 0.3) is 0 Å². The van der Waals surface area contributed by atoms with Crippen LogP contribution in [-0.4, -0.2) is 22.2 Å². The maximum atomic E-state index is 11.9. The summed E-state index contributed by atoms with van der Waals surface area (Å²) in [5.74, 6) is -3.49. The average Bonchev–Trinajstić information content (AvgIpc) is 2.93. The van der Waals surface area contributed by atoms with Gasteiger partial charge in [-0.15, -0.1) is 0 Å². The Hall–Kier alpha value is -2.36. The van der Waals surface area contributed by atoms with Gasteiger partial charge in [0.15, 0.2) is 0 Å². The Balaban J connectivity index is 4.04. The molecule has 0 rings (SSSR count). The monoisotopic (exact) mass is 556 g/mol. The van der Waals surface area contributed by atoms with Crippen LogP contribution in [0.2, 0.25) is 0 Å². The lowest BCUT2D eigenvalue weighted by Gasteiger charge is -2.20. The number of unbranched alkanes of at least 4 members (excludes halogenated alkanes) is 11. The average molecular weight is 557 g/mol. The first-order chi connectivity index (χ1) is 19.5. The van der Waals surface area contributed by atoms with Crippen LogP contribution in [0.3, 0.4) is 0 Å². The lowest BCUT2D eigenvalue weighted by molar-refractivity contribution is -0.154. The number of hydrogen-bond donors (Lipinski definition) is 2. The number of rotatable bonds is 28. The minimum absolute atomic E-state index is 0.456. The van der Waals surface area contributed by atoms with Gasteiger partial charge in [-0.1, -0.05) is 126 Å². The third-order valence-corrected chi connectivity index (χ3v) is 7.25. The Morgan fingerprint density at radius 2 is 0.825 bits per heavy atom. The Labute approximate surface area is 246 Å². The van der Waals surface area contributed by atoms with Crippen molar-refractivity contribution in [2.45, 2.75) is 142 Å². The molecule has 2 atom stereocenters. The van der Waals surface area contributed by atoms with Crippen molar-refractivity contribution < 1.29 is 19.8 Å². The van der Waals surface area contributed by atoms with Gasteiger partial charge in [0.1, 0.15) is 0 Å². The first-order valence-corrected chi connectivity index (χ1v) is 16.2. The van der Waals surface area contributed by atoms with Crippen LogP contribution in [0.25, 0.3) is 0 Å². The molecule has 0 aliphatic heterocycles. The second-order valence-electron chi connectivity index (χ2n) is 10.8. The quantitative estimate of drug-likeness (QED) is 0.0742. The third-order valence-electron chi connectivity index (χ3n) is 7.25. The van der Waals surface area contributed by atoms with Crippen molar-refractivity contribution in [2.24, 2.45) is 11.8 Å². The van der Waals surface area contributed by atoms with Crippen LogP contribution in [0.1, 0.15) is 142 Å². The standard InChI is InChI=1S/C36H60O4/c1-3-5-7-9-11-13-15-17-19-21-23-25-27-29-31-33(35(37)38)34(36(39)40)32-30-28-26-24-22-20-18-16-14-12-10-8-6-4-2/h5,7,11-14,17-20,33-34H,3-4,6,8-10,15-16,21-32H2,1-2H3,(H,37,38)(H,39,40)/b7-5-,13-11-,14-12-,19-17-,20-18-. The van der Waals surface area contributed by atoms with E-state index in [1.807, 2.05) is 0 Å². The second kappa shape index (κ2) is 29.6. The first kappa shape index (κ1) is 37.6. The van der Waals surface area contributed by atoms with Crippen LogP contribution in [0.15, 0.2) is 60.8 Å². The van der Waals surface area contributed by atoms with Crippen LogP contribution in [-0.2, 0) is 9.59 Å². The summed E-state index contributed by atoms with van der Waals surface area (Å²) >= 11 is 0. The van der Waals surface area contributed by atoms with Crippen molar-refractivity contribution in [1.82, 2.24) is 0 Å². The highest BCUT2D eigenvalue weighted by Crippen LogP contribution is 2.26. The second-order valence-corrected chi connectivity index (χ2v) is 10.8. The molecule has 0 aliphatic carbocycles. The van der Waals surface area contributed by atoms with E-state index < -0.39 is 23.8 Å². The molecule has 0 saturated heterocycles. The van der Waals surface area contributed by atoms with E-state index in [2.05, 4.69) is 74.6 Å². The Kier molecular flexibility index (Phi) is 27.9. The summed E-state index contributed by atoms with van der Waals surface area (Å²) in [5.41, 5.74) is 0. The van der Waals surface area contributed by atoms with Gasteiger partial charge in [0, 0.05) is 0 Å². The van der Waals surface area contributed by atoms with E-state index in [0.29, 0.717) is 12.8 Å². The van der Waals surface area contributed by atoms with Crippen molar-refractivity contribution in [3.63, 3.8) is 0 Å². The van der Waals surface area contributed by atoms with Crippen LogP contribution in [0, 0.1) is 11.8 Å². The van der Waals surface area contributed by atoms with Crippen LogP contribution in [0.5, 0.6) is 0 Å². The summed E-state index contributed by atoms with van der Waals surface area (Å²) in [5, 5.41) is 19.4. The fourth-order valence-electron chi connectivity index (χ4n) is 4.80. The minimum atomic E-state index is -0.960. The van der Waals surface area contributed by atoms with Gasteiger partial charge in [-0.2, -0.15) is 0 Å². The predicted molar refractivity (Wildman–Crippen MR) is 172 cm³/mol. The molecule has 2 unspecified atom stereocenters. The molecule has 0 spiro atoms. The molecule has 0 saturated carbocycles. The fraction of sp³-hybridized carbons (Fsp3) is 0.667. The van der Waals surface area contributed by atoms with E-state index in [0.717, 1.165) is 89.9 Å². The lowest BCUT2D eigenvalue weighted by atomic mass is 9.84. The predicted octanol–water partition coefficient (Wildman–Crippen LogP) is 11.0. The summed E-state index contributed by atoms with van der Waals surface area (Å²) in [4.78, 5) is 23.7. The Morgan fingerprint density at radius 1 is 0.475 bits per heavy atom. The zero-order chi connectivity index (χ0) is 29.5. The van der Waals surface area contributed by atoms with Crippen molar-refractivity contribution >= 4 is 11.9 Å². The molecule has 4 heteroatoms. The summed E-state index contributed by atoms with van der Waals surface area (Å²) in [6.07, 6.45) is 42.0. The maximum Gasteiger partial charge on any atom is 0.307 e. The molecule has 0 aromatic carbocycles. The molecule has 0 heterocycles. The van der Waals surface area contributed by atoms with E-state index in [4.69, 9.17) is 0 Å². The normalized spacial score (nSPS) is 13.9. The lowest BCUT2D eigenvalue weighted by Crippen LogP contribution is -2.30. The molecule has 0 aromatic rings. The topological polar surface area (TPSA) is 74.6 Å². The van der Waals surface area contributed by atoms with Crippen LogP contribution in [0.4, 0.5) is 0 Å². The van der Waals surface area contributed by atoms with E-state index in [9.17, 15) is 19.8 Å². The highest BCUT2D eigenvalue weighted by molar-refractivity contribution is 5.79. The molecule has 0 aliphatic rings. The highest BCUT2D eigenvalue weighted by Gasteiger charge is 2.32. The number of hydrogen-bond acceptors (Lipinski definition) is 2. The number of allylic oxidation sites excluding steroid dienone is 10. The first-order valence-electron chi connectivity index (χ1n) is 16.2. The van der Waals surface area contributed by atoms with Crippen molar-refractivity contribution in [1.29, 1.82) is 0 Å². The van der Waals surface area contributed by atoms with Crippen molar-refractivity contribution in [2.75, 3.05) is 0 Å². The molecule has 2 N–H and O–H groups in total. The molecule has 0 amide bonds. The molecule has 0 bridgehead atoms. The maximum absolute atomic E-state index is 11.9. The molecule has 40 heavy (non-hydrogen) atoms. The van der Waals surface area contributed by atoms with Crippen LogP contribution < -0.4 is 0 Å². The molecular formula is C36H60O4. The van der Waals surface area contributed by atoms with Crippen LogP contribution >= 0.6 is 0 Å². The Bertz CT molecular complexity index is 744. The van der Waals surface area contributed by atoms with Gasteiger partial charge in [-0.3, -0.25) is 9.59 Å². The number of carbonyl (C=O) groups is 2. The summed E-state index contributed by atoms with van der Waals surface area (Å²) in [7, 11) is 0. The zero-order valence-electron chi connectivity index (χ0n) is 25.8. The number of carboxylic acid groups (broad SMARTS) is 2. The van der Waals surface area contributed by atoms with Gasteiger partial charge in [0.05, 0.1) is 11.8 Å². The molecule has 228 valence electrons. The molecule has 4 nitrogen and oxygen atoms in total. The van der Waals surface area contributed by atoms with Gasteiger partial charge >= 0.3 is 11.9 Å². The summed E-state index contributed by atoms with van der Waals surface area (Å²) in [6, 6.07) is 0.